The number of hydroxylamine groups is 1. The van der Waals surface area contributed by atoms with E-state index in [-0.39, 0.29) is 11.1 Å². The first-order valence-corrected chi connectivity index (χ1v) is 7.26. The zero-order valence-corrected chi connectivity index (χ0v) is 13.2. The van der Waals surface area contributed by atoms with E-state index < -0.39 is 5.91 Å². The Kier molecular flexibility index (Phi) is 4.01. The van der Waals surface area contributed by atoms with Crippen LogP contribution in [0.25, 0.3) is 22.3 Å². The Morgan fingerprint density at radius 2 is 1.88 bits per heavy atom. The molecule has 0 aliphatic rings. The highest BCUT2D eigenvalue weighted by atomic mass is 16.5. The minimum atomic E-state index is -0.657. The van der Waals surface area contributed by atoms with Gasteiger partial charge in [0.1, 0.15) is 5.82 Å². The van der Waals surface area contributed by atoms with Gasteiger partial charge >= 0.3 is 0 Å². The normalized spacial score (nSPS) is 10.6. The number of carbonyl (C=O) groups excluding carboxylic acids is 1. The van der Waals surface area contributed by atoms with Crippen molar-refractivity contribution in [1.29, 1.82) is 0 Å². The minimum absolute atomic E-state index is 0.219. The van der Waals surface area contributed by atoms with Gasteiger partial charge in [-0.3, -0.25) is 14.8 Å². The van der Waals surface area contributed by atoms with Gasteiger partial charge in [-0.1, -0.05) is 0 Å². The molecule has 2 aromatic carbocycles. The summed E-state index contributed by atoms with van der Waals surface area (Å²) in [5, 5.41) is 9.10. The fourth-order valence-corrected chi connectivity index (χ4v) is 2.40. The maximum Gasteiger partial charge on any atom is 0.274 e. The lowest BCUT2D eigenvalue weighted by Crippen LogP contribution is -2.19. The van der Waals surface area contributed by atoms with Crippen molar-refractivity contribution in [1.82, 2.24) is 15.4 Å². The van der Waals surface area contributed by atoms with E-state index >= 15 is 0 Å². The van der Waals surface area contributed by atoms with Gasteiger partial charge in [0.25, 0.3) is 11.5 Å². The predicted octanol–water partition coefficient (Wildman–Crippen LogP) is 1.78. The average molecular weight is 324 g/mol. The molecule has 1 heterocycles. The molecule has 122 valence electrons. The lowest BCUT2D eigenvalue weighted by atomic mass is 10.1. The third kappa shape index (κ3) is 2.84. The molecule has 0 saturated heterocycles. The highest BCUT2D eigenvalue weighted by Crippen LogP contribution is 2.20. The van der Waals surface area contributed by atoms with Crippen LogP contribution in [0.3, 0.4) is 0 Å². The number of amides is 1. The Labute approximate surface area is 137 Å². The van der Waals surface area contributed by atoms with E-state index in [2.05, 4.69) is 9.97 Å². The van der Waals surface area contributed by atoms with Gasteiger partial charge in [-0.15, -0.1) is 0 Å². The van der Waals surface area contributed by atoms with E-state index in [9.17, 15) is 9.59 Å². The molecule has 1 amide bonds. The third-order valence-corrected chi connectivity index (χ3v) is 3.73. The third-order valence-electron chi connectivity index (χ3n) is 3.73. The fourth-order valence-electron chi connectivity index (χ4n) is 2.40. The number of carbonyl (C=O) groups is 1. The quantitative estimate of drug-likeness (QED) is 0.504. The van der Waals surface area contributed by atoms with Crippen molar-refractivity contribution in [2.24, 2.45) is 0 Å². The largest absolute Gasteiger partial charge is 0.378 e. The Morgan fingerprint density at radius 3 is 2.50 bits per heavy atom. The van der Waals surface area contributed by atoms with Gasteiger partial charge in [0.2, 0.25) is 0 Å². The SMILES string of the molecule is CN(C)c1ccc(-c2nc3cc(C(=O)NO)ccc3c(=O)[nH]2)cc1. The van der Waals surface area contributed by atoms with Crippen molar-refractivity contribution in [3.05, 3.63) is 58.4 Å². The summed E-state index contributed by atoms with van der Waals surface area (Å²) >= 11 is 0. The molecular weight excluding hydrogens is 308 g/mol. The van der Waals surface area contributed by atoms with Crippen LogP contribution in [0.4, 0.5) is 5.69 Å². The van der Waals surface area contributed by atoms with Crippen LogP contribution < -0.4 is 15.9 Å². The smallest absolute Gasteiger partial charge is 0.274 e. The topological polar surface area (TPSA) is 98.3 Å². The highest BCUT2D eigenvalue weighted by molar-refractivity contribution is 5.97. The zero-order valence-electron chi connectivity index (χ0n) is 13.2. The summed E-state index contributed by atoms with van der Waals surface area (Å²) in [6, 6.07) is 12.0. The first kappa shape index (κ1) is 15.7. The number of H-pyrrole nitrogens is 1. The van der Waals surface area contributed by atoms with Crippen LogP contribution in [0.2, 0.25) is 0 Å². The van der Waals surface area contributed by atoms with Crippen molar-refractivity contribution in [2.45, 2.75) is 0 Å². The van der Waals surface area contributed by atoms with Gasteiger partial charge in [0, 0.05) is 30.9 Å². The van der Waals surface area contributed by atoms with Gasteiger partial charge < -0.3 is 9.88 Å². The van der Waals surface area contributed by atoms with Crippen molar-refractivity contribution in [2.75, 3.05) is 19.0 Å². The maximum atomic E-state index is 12.2. The average Bonchev–Trinajstić information content (AvgIpc) is 2.60. The van der Waals surface area contributed by atoms with E-state index in [0.717, 1.165) is 11.3 Å². The van der Waals surface area contributed by atoms with Crippen LogP contribution in [-0.2, 0) is 0 Å². The molecule has 0 bridgehead atoms. The summed E-state index contributed by atoms with van der Waals surface area (Å²) in [4.78, 5) is 32.9. The van der Waals surface area contributed by atoms with Crippen molar-refractivity contribution in [3.63, 3.8) is 0 Å². The standard InChI is InChI=1S/C17H16N4O3/c1-21(2)12-6-3-10(4-7-12)15-18-14-9-11(16(22)20-24)5-8-13(14)17(23)19-15/h3-9,24H,1-2H3,(H,20,22)(H,18,19,23). The number of aromatic nitrogens is 2. The van der Waals surface area contributed by atoms with Gasteiger partial charge in [0.15, 0.2) is 0 Å². The molecule has 0 aliphatic heterocycles. The second kappa shape index (κ2) is 6.13. The Morgan fingerprint density at radius 1 is 1.17 bits per heavy atom. The van der Waals surface area contributed by atoms with Gasteiger partial charge in [-0.05, 0) is 42.5 Å². The molecule has 1 aromatic heterocycles. The lowest BCUT2D eigenvalue weighted by molar-refractivity contribution is 0.0706. The van der Waals surface area contributed by atoms with Crippen molar-refractivity contribution >= 4 is 22.5 Å². The molecule has 0 radical (unpaired) electrons. The Balaban J connectivity index is 2.11. The molecule has 3 N–H and O–H groups in total. The van der Waals surface area contributed by atoms with Gasteiger partial charge in [-0.25, -0.2) is 10.5 Å². The Bertz CT molecular complexity index is 962. The summed E-state index contributed by atoms with van der Waals surface area (Å²) in [5.74, 6) is -0.241. The van der Waals surface area contributed by atoms with E-state index in [0.29, 0.717) is 16.7 Å². The number of hydrogen-bond acceptors (Lipinski definition) is 5. The molecule has 0 atom stereocenters. The number of hydrogen-bond donors (Lipinski definition) is 3. The molecule has 3 aromatic rings. The molecule has 0 saturated carbocycles. The predicted molar refractivity (Wildman–Crippen MR) is 91.4 cm³/mol. The van der Waals surface area contributed by atoms with E-state index in [1.165, 1.54) is 18.2 Å². The van der Waals surface area contributed by atoms with Crippen molar-refractivity contribution < 1.29 is 10.0 Å². The van der Waals surface area contributed by atoms with Crippen LogP contribution in [-0.4, -0.2) is 35.2 Å². The number of rotatable bonds is 3. The number of aromatic amines is 1. The first-order chi connectivity index (χ1) is 11.5. The summed E-state index contributed by atoms with van der Waals surface area (Å²) in [6.07, 6.45) is 0. The van der Waals surface area contributed by atoms with Crippen molar-refractivity contribution in [3.8, 4) is 11.4 Å². The zero-order chi connectivity index (χ0) is 17.3. The summed E-state index contributed by atoms with van der Waals surface area (Å²) in [5.41, 5.74) is 3.67. The maximum absolute atomic E-state index is 12.2. The second-order valence-corrected chi connectivity index (χ2v) is 5.53. The van der Waals surface area contributed by atoms with E-state index in [4.69, 9.17) is 5.21 Å². The minimum Gasteiger partial charge on any atom is -0.378 e. The first-order valence-electron chi connectivity index (χ1n) is 7.26. The van der Waals surface area contributed by atoms with Crippen LogP contribution in [0.1, 0.15) is 10.4 Å². The molecule has 7 nitrogen and oxygen atoms in total. The number of nitrogens with zero attached hydrogens (tertiary/aromatic N) is 2. The molecule has 0 spiro atoms. The number of nitrogens with one attached hydrogen (secondary N) is 2. The fraction of sp³-hybridized carbons (Fsp3) is 0.118. The van der Waals surface area contributed by atoms with Gasteiger partial charge in [-0.2, -0.15) is 0 Å². The molecular formula is C17H16N4O3. The molecule has 24 heavy (non-hydrogen) atoms. The van der Waals surface area contributed by atoms with E-state index in [1.807, 2.05) is 43.3 Å². The van der Waals surface area contributed by atoms with Gasteiger partial charge in [0.05, 0.1) is 10.9 Å². The summed E-state index contributed by atoms with van der Waals surface area (Å²) in [7, 11) is 3.89. The summed E-state index contributed by atoms with van der Waals surface area (Å²) < 4.78 is 0. The van der Waals surface area contributed by atoms with Crippen LogP contribution in [0, 0.1) is 0 Å². The highest BCUT2D eigenvalue weighted by Gasteiger charge is 2.10. The lowest BCUT2D eigenvalue weighted by Gasteiger charge is -2.12. The number of anilines is 1. The summed E-state index contributed by atoms with van der Waals surface area (Å²) in [6.45, 7) is 0. The molecule has 7 heteroatoms. The van der Waals surface area contributed by atoms with E-state index in [1.54, 1.807) is 5.48 Å². The monoisotopic (exact) mass is 324 g/mol. The molecule has 0 unspecified atom stereocenters. The van der Waals surface area contributed by atoms with Crippen LogP contribution in [0.5, 0.6) is 0 Å². The number of fused-ring (bicyclic) bond motifs is 1. The molecule has 3 rings (SSSR count). The Hall–Kier alpha value is -3.19. The molecule has 0 fully saturated rings. The molecule has 0 aliphatic carbocycles. The van der Waals surface area contributed by atoms with Crippen LogP contribution >= 0.6 is 0 Å². The van der Waals surface area contributed by atoms with Crippen LogP contribution in [0.15, 0.2) is 47.3 Å². The number of benzene rings is 2. The second-order valence-electron chi connectivity index (χ2n) is 5.53.